The molecule has 7 nitrogen and oxygen atoms in total. The van der Waals surface area contributed by atoms with E-state index in [1.54, 1.807) is 6.07 Å². The predicted molar refractivity (Wildman–Crippen MR) is 78.8 cm³/mol. The van der Waals surface area contributed by atoms with Crippen molar-refractivity contribution in [3.63, 3.8) is 0 Å². The Balaban J connectivity index is 1.82. The van der Waals surface area contributed by atoms with Crippen LogP contribution in [0.1, 0.15) is 0 Å². The highest BCUT2D eigenvalue weighted by molar-refractivity contribution is 7.78. The molecule has 1 aromatic carbocycles. The van der Waals surface area contributed by atoms with Crippen LogP contribution in [0.25, 0.3) is 5.69 Å². The second kappa shape index (κ2) is 6.00. The van der Waals surface area contributed by atoms with Gasteiger partial charge in [-0.25, -0.2) is 23.8 Å². The number of aliphatic imine (C=N–C) groups is 1. The van der Waals surface area contributed by atoms with Gasteiger partial charge < -0.3 is 4.74 Å². The van der Waals surface area contributed by atoms with Gasteiger partial charge in [-0.3, -0.25) is 4.90 Å². The molecule has 1 aliphatic rings. The van der Waals surface area contributed by atoms with E-state index in [9.17, 15) is 9.18 Å². The molecule has 1 aromatic heterocycles. The molecule has 0 radical (unpaired) electrons. The third-order valence-corrected chi connectivity index (χ3v) is 3.27. The van der Waals surface area contributed by atoms with Gasteiger partial charge in [0.25, 0.3) is 0 Å². The summed E-state index contributed by atoms with van der Waals surface area (Å²) in [7, 11) is 0. The number of carbonyl (C=O) groups is 1. The van der Waals surface area contributed by atoms with Gasteiger partial charge in [-0.1, -0.05) is 0 Å². The number of nitrogens with zero attached hydrogens (tertiary/aromatic N) is 5. The number of rotatable bonds is 4. The Labute approximate surface area is 130 Å². The standard InChI is InChI=1S/C13H10FN5O2S/c14-11-3-9(1-2-12(11)19-7-16-6-17-19)18-5-10(4-15-8-22)21-13(18)20/h1-3,6-7,10H,4-5H2. The van der Waals surface area contributed by atoms with Crippen molar-refractivity contribution in [2.45, 2.75) is 6.10 Å². The monoisotopic (exact) mass is 319 g/mol. The zero-order chi connectivity index (χ0) is 15.5. The lowest BCUT2D eigenvalue weighted by Crippen LogP contribution is -2.25. The highest BCUT2D eigenvalue weighted by Gasteiger charge is 2.32. The summed E-state index contributed by atoms with van der Waals surface area (Å²) in [6, 6.07) is 4.39. The number of anilines is 1. The van der Waals surface area contributed by atoms with Crippen LogP contribution < -0.4 is 4.90 Å². The average Bonchev–Trinajstić information content (AvgIpc) is 3.14. The van der Waals surface area contributed by atoms with Crippen LogP contribution in [-0.4, -0.2) is 45.2 Å². The van der Waals surface area contributed by atoms with Gasteiger partial charge in [0.15, 0.2) is 5.82 Å². The lowest BCUT2D eigenvalue weighted by Gasteiger charge is -2.14. The number of amides is 1. The summed E-state index contributed by atoms with van der Waals surface area (Å²) in [4.78, 5) is 20.7. The molecule has 2 heterocycles. The Morgan fingerprint density at radius 1 is 1.55 bits per heavy atom. The highest BCUT2D eigenvalue weighted by Crippen LogP contribution is 2.25. The van der Waals surface area contributed by atoms with E-state index in [0.717, 1.165) is 0 Å². The summed E-state index contributed by atoms with van der Waals surface area (Å²) < 4.78 is 20.6. The fraction of sp³-hybridized carbons (Fsp3) is 0.231. The maximum absolute atomic E-state index is 14.2. The summed E-state index contributed by atoms with van der Waals surface area (Å²) in [6.45, 7) is 0.521. The SMILES string of the molecule is O=C1OC(CN=C=S)CN1c1ccc(-n2cncn2)c(F)c1. The van der Waals surface area contributed by atoms with E-state index in [2.05, 4.69) is 32.5 Å². The molecule has 1 atom stereocenters. The molecule has 0 aliphatic carbocycles. The molecule has 1 saturated heterocycles. The number of aromatic nitrogens is 3. The molecule has 0 spiro atoms. The van der Waals surface area contributed by atoms with Gasteiger partial charge >= 0.3 is 6.09 Å². The van der Waals surface area contributed by atoms with Crippen molar-refractivity contribution in [3.8, 4) is 5.69 Å². The number of isothiocyanates is 1. The maximum atomic E-state index is 14.2. The second-order valence-electron chi connectivity index (χ2n) is 4.52. The molecule has 1 amide bonds. The van der Waals surface area contributed by atoms with Crippen LogP contribution in [0.3, 0.4) is 0 Å². The Morgan fingerprint density at radius 3 is 3.09 bits per heavy atom. The summed E-state index contributed by atoms with van der Waals surface area (Å²) in [5, 5.41) is 6.09. The van der Waals surface area contributed by atoms with Crippen LogP contribution >= 0.6 is 12.2 Å². The fourth-order valence-electron chi connectivity index (χ4n) is 2.15. The van der Waals surface area contributed by atoms with Crippen molar-refractivity contribution in [1.82, 2.24) is 14.8 Å². The molecule has 2 aromatic rings. The zero-order valence-electron chi connectivity index (χ0n) is 11.2. The van der Waals surface area contributed by atoms with E-state index >= 15 is 0 Å². The lowest BCUT2D eigenvalue weighted by atomic mass is 10.2. The molecular weight excluding hydrogens is 309 g/mol. The first kappa shape index (κ1) is 14.3. The van der Waals surface area contributed by atoms with Crippen LogP contribution in [0, 0.1) is 5.82 Å². The maximum Gasteiger partial charge on any atom is 0.414 e. The summed E-state index contributed by atoms with van der Waals surface area (Å²) in [5.41, 5.74) is 0.649. The smallest absolute Gasteiger partial charge is 0.414 e. The molecule has 0 bridgehead atoms. The van der Waals surface area contributed by atoms with Gasteiger partial charge in [0.1, 0.15) is 24.4 Å². The first-order valence-corrected chi connectivity index (χ1v) is 6.76. The summed E-state index contributed by atoms with van der Waals surface area (Å²) >= 11 is 4.48. The molecular formula is C13H10FN5O2S. The van der Waals surface area contributed by atoms with Gasteiger partial charge in [0.2, 0.25) is 0 Å². The van der Waals surface area contributed by atoms with Crippen molar-refractivity contribution in [2.24, 2.45) is 4.99 Å². The average molecular weight is 319 g/mol. The molecule has 1 aliphatic heterocycles. The number of hydrogen-bond donors (Lipinski definition) is 0. The minimum atomic E-state index is -0.544. The zero-order valence-corrected chi connectivity index (χ0v) is 12.0. The number of ether oxygens (including phenoxy) is 1. The Bertz CT molecular complexity index is 745. The fourth-order valence-corrected chi connectivity index (χ4v) is 2.22. The highest BCUT2D eigenvalue weighted by atomic mass is 32.1. The summed E-state index contributed by atoms with van der Waals surface area (Å²) in [5.74, 6) is -0.517. The minimum Gasteiger partial charge on any atom is -0.442 e. The number of hydrogen-bond acceptors (Lipinski definition) is 6. The van der Waals surface area contributed by atoms with Crippen molar-refractivity contribution < 1.29 is 13.9 Å². The van der Waals surface area contributed by atoms with Gasteiger partial charge in [-0.05, 0) is 30.4 Å². The number of thiocarbonyl (C=S) groups is 1. The van der Waals surface area contributed by atoms with E-state index in [1.807, 2.05) is 0 Å². The van der Waals surface area contributed by atoms with Gasteiger partial charge in [-0.15, -0.1) is 0 Å². The van der Waals surface area contributed by atoms with Crippen LogP contribution in [0.2, 0.25) is 0 Å². The van der Waals surface area contributed by atoms with Crippen molar-refractivity contribution in [2.75, 3.05) is 18.0 Å². The lowest BCUT2D eigenvalue weighted by molar-refractivity contribution is 0.145. The van der Waals surface area contributed by atoms with Crippen LogP contribution in [0.4, 0.5) is 14.9 Å². The Hall–Kier alpha value is -2.64. The van der Waals surface area contributed by atoms with Crippen LogP contribution in [0.15, 0.2) is 35.8 Å². The van der Waals surface area contributed by atoms with Crippen molar-refractivity contribution in [3.05, 3.63) is 36.7 Å². The quantitative estimate of drug-likeness (QED) is 0.635. The topological polar surface area (TPSA) is 72.6 Å². The van der Waals surface area contributed by atoms with Crippen LogP contribution in [-0.2, 0) is 4.74 Å². The molecule has 0 N–H and O–H groups in total. The number of benzene rings is 1. The third kappa shape index (κ3) is 2.72. The number of halogens is 1. The number of carbonyl (C=O) groups excluding carboxylic acids is 1. The van der Waals surface area contributed by atoms with E-state index < -0.39 is 18.0 Å². The number of cyclic esters (lactones) is 1. The molecule has 22 heavy (non-hydrogen) atoms. The second-order valence-corrected chi connectivity index (χ2v) is 4.71. The van der Waals surface area contributed by atoms with E-state index in [0.29, 0.717) is 5.69 Å². The molecule has 9 heteroatoms. The van der Waals surface area contributed by atoms with Gasteiger partial charge in [-0.2, -0.15) is 5.10 Å². The largest absolute Gasteiger partial charge is 0.442 e. The third-order valence-electron chi connectivity index (χ3n) is 3.14. The first-order valence-electron chi connectivity index (χ1n) is 6.35. The molecule has 0 saturated carbocycles. The summed E-state index contributed by atoms with van der Waals surface area (Å²) in [6.07, 6.45) is 1.74. The normalized spacial score (nSPS) is 17.2. The molecule has 1 fully saturated rings. The van der Waals surface area contributed by atoms with Crippen molar-refractivity contribution >= 4 is 29.2 Å². The molecule has 3 rings (SSSR count). The molecule has 112 valence electrons. The van der Waals surface area contributed by atoms with E-state index in [-0.39, 0.29) is 18.8 Å². The Morgan fingerprint density at radius 2 is 2.41 bits per heavy atom. The molecule has 1 unspecified atom stereocenters. The van der Waals surface area contributed by atoms with Crippen molar-refractivity contribution in [1.29, 1.82) is 0 Å². The van der Waals surface area contributed by atoms with Gasteiger partial charge in [0.05, 0.1) is 23.9 Å². The van der Waals surface area contributed by atoms with Gasteiger partial charge in [0, 0.05) is 0 Å². The predicted octanol–water partition coefficient (Wildman–Crippen LogP) is 1.83. The first-order chi connectivity index (χ1) is 10.7. The Kier molecular flexibility index (Phi) is 3.90. The van der Waals surface area contributed by atoms with E-state index in [1.165, 1.54) is 34.4 Å². The minimum absolute atomic E-state index is 0.241. The van der Waals surface area contributed by atoms with E-state index in [4.69, 9.17) is 4.74 Å². The van der Waals surface area contributed by atoms with Crippen LogP contribution in [0.5, 0.6) is 0 Å².